The first-order chi connectivity index (χ1) is 21.6. The summed E-state index contributed by atoms with van der Waals surface area (Å²) in [6, 6.07) is 15.2. The molecule has 0 aromatic heterocycles. The van der Waals surface area contributed by atoms with E-state index in [9.17, 15) is 29.4 Å². The molecule has 3 rings (SSSR count). The number of aliphatic hydroxyl groups excluding tert-OH is 2. The van der Waals surface area contributed by atoms with E-state index < -0.39 is 36.3 Å². The quantitative estimate of drug-likeness (QED) is 0.122. The molecule has 244 valence electrons. The Labute approximate surface area is 267 Å². The van der Waals surface area contributed by atoms with E-state index in [4.69, 9.17) is 15.2 Å². The number of nitrogens with one attached hydrogen (secondary N) is 2. The number of hydrogen-bond acceptors (Lipinski definition) is 8. The Balaban J connectivity index is 2.00. The summed E-state index contributed by atoms with van der Waals surface area (Å²) in [6.45, 7) is 8.89. The largest absolute Gasteiger partial charge is 0.465 e. The Morgan fingerprint density at radius 1 is 0.891 bits per heavy atom. The molecule has 3 aromatic rings. The van der Waals surface area contributed by atoms with Gasteiger partial charge in [0, 0.05) is 28.9 Å². The number of nitrogens with zero attached hydrogens (tertiary/aromatic N) is 1. The fourth-order valence-corrected chi connectivity index (χ4v) is 4.26. The normalized spacial score (nSPS) is 12.3. The van der Waals surface area contributed by atoms with E-state index in [1.807, 2.05) is 13.8 Å². The Morgan fingerprint density at radius 3 is 2.13 bits per heavy atom. The summed E-state index contributed by atoms with van der Waals surface area (Å²) >= 11 is 0. The van der Waals surface area contributed by atoms with Crippen molar-refractivity contribution in [2.45, 2.75) is 46.3 Å². The van der Waals surface area contributed by atoms with Crippen molar-refractivity contribution in [3.63, 3.8) is 0 Å². The van der Waals surface area contributed by atoms with E-state index in [2.05, 4.69) is 15.6 Å². The number of anilines is 1. The maximum absolute atomic E-state index is 13.6. The van der Waals surface area contributed by atoms with Gasteiger partial charge in [0.05, 0.1) is 19.3 Å². The van der Waals surface area contributed by atoms with Gasteiger partial charge in [0.2, 0.25) is 0 Å². The Bertz CT molecular complexity index is 1630. The third-order valence-electron chi connectivity index (χ3n) is 6.54. The zero-order chi connectivity index (χ0) is 34.2. The molecular weight excluding hydrogens is 592 g/mol. The SMILES string of the molecule is COC(=O)c1cc(C(=O)NCC(C)C)ccc1-c1cc(C(O)CO)ccc1C(=O)Nc1ccc(C(N)=NC(=O)OC(C)(C)C)cc1. The average molecular weight is 633 g/mol. The summed E-state index contributed by atoms with van der Waals surface area (Å²) in [7, 11) is 1.20. The van der Waals surface area contributed by atoms with Crippen LogP contribution in [0, 0.1) is 5.92 Å². The molecule has 1 unspecified atom stereocenters. The van der Waals surface area contributed by atoms with Crippen molar-refractivity contribution < 1.29 is 38.9 Å². The first-order valence-corrected chi connectivity index (χ1v) is 14.6. The van der Waals surface area contributed by atoms with Crippen LogP contribution in [0.4, 0.5) is 10.5 Å². The van der Waals surface area contributed by atoms with Crippen LogP contribution >= 0.6 is 0 Å². The van der Waals surface area contributed by atoms with E-state index in [0.717, 1.165) is 0 Å². The third kappa shape index (κ3) is 9.46. The summed E-state index contributed by atoms with van der Waals surface area (Å²) in [5.74, 6) is -1.53. The van der Waals surface area contributed by atoms with E-state index in [1.54, 1.807) is 45.0 Å². The van der Waals surface area contributed by atoms with Crippen molar-refractivity contribution >= 4 is 35.4 Å². The number of esters is 1. The van der Waals surface area contributed by atoms with E-state index in [-0.39, 0.29) is 45.5 Å². The fourth-order valence-electron chi connectivity index (χ4n) is 4.26. The maximum Gasteiger partial charge on any atom is 0.436 e. The lowest BCUT2D eigenvalue weighted by Gasteiger charge is -2.18. The lowest BCUT2D eigenvalue weighted by atomic mass is 9.91. The van der Waals surface area contributed by atoms with Gasteiger partial charge in [-0.3, -0.25) is 9.59 Å². The van der Waals surface area contributed by atoms with Crippen LogP contribution < -0.4 is 16.4 Å². The molecule has 12 nitrogen and oxygen atoms in total. The van der Waals surface area contributed by atoms with Crippen molar-refractivity contribution in [2.24, 2.45) is 16.6 Å². The van der Waals surface area contributed by atoms with Crippen molar-refractivity contribution in [1.29, 1.82) is 0 Å². The first kappa shape index (κ1) is 35.4. The van der Waals surface area contributed by atoms with Crippen LogP contribution in [0.5, 0.6) is 0 Å². The lowest BCUT2D eigenvalue weighted by Crippen LogP contribution is -2.27. The number of benzene rings is 3. The highest BCUT2D eigenvalue weighted by Crippen LogP contribution is 2.32. The summed E-state index contributed by atoms with van der Waals surface area (Å²) in [6.07, 6.45) is -2.08. The predicted molar refractivity (Wildman–Crippen MR) is 174 cm³/mol. The van der Waals surface area contributed by atoms with Gasteiger partial charge >= 0.3 is 12.1 Å². The monoisotopic (exact) mass is 632 g/mol. The summed E-state index contributed by atoms with van der Waals surface area (Å²) in [5.41, 5.74) is 7.23. The number of amidine groups is 1. The number of aliphatic hydroxyl groups is 2. The average Bonchev–Trinajstić information content (AvgIpc) is 3.01. The van der Waals surface area contributed by atoms with Gasteiger partial charge in [-0.1, -0.05) is 26.0 Å². The molecular formula is C34H40N4O8. The van der Waals surface area contributed by atoms with Crippen molar-refractivity contribution in [3.8, 4) is 11.1 Å². The minimum atomic E-state index is -1.25. The van der Waals surface area contributed by atoms with Crippen molar-refractivity contribution in [2.75, 3.05) is 25.6 Å². The van der Waals surface area contributed by atoms with Crippen LogP contribution in [-0.4, -0.2) is 65.8 Å². The predicted octanol–water partition coefficient (Wildman–Crippen LogP) is 4.44. The smallest absolute Gasteiger partial charge is 0.436 e. The molecule has 0 saturated carbocycles. The molecule has 3 amide bonds. The van der Waals surface area contributed by atoms with Gasteiger partial charge in [-0.25, -0.2) is 9.59 Å². The van der Waals surface area contributed by atoms with E-state index in [0.29, 0.717) is 23.4 Å². The number of ether oxygens (including phenoxy) is 2. The van der Waals surface area contributed by atoms with Crippen molar-refractivity contribution in [1.82, 2.24) is 5.32 Å². The number of rotatable bonds is 10. The topological polar surface area (TPSA) is 190 Å². The van der Waals surface area contributed by atoms with Gasteiger partial charge in [-0.05, 0) is 91.9 Å². The van der Waals surface area contributed by atoms with Crippen LogP contribution in [0.15, 0.2) is 65.7 Å². The molecule has 0 bridgehead atoms. The molecule has 0 saturated heterocycles. The molecule has 0 heterocycles. The highest BCUT2D eigenvalue weighted by molar-refractivity contribution is 6.11. The number of hydrogen-bond donors (Lipinski definition) is 5. The van der Waals surface area contributed by atoms with Gasteiger partial charge in [-0.15, -0.1) is 0 Å². The lowest BCUT2D eigenvalue weighted by molar-refractivity contribution is 0.0592. The second-order valence-electron chi connectivity index (χ2n) is 11.9. The molecule has 1 atom stereocenters. The molecule has 0 aliphatic rings. The van der Waals surface area contributed by atoms with E-state index in [1.165, 1.54) is 43.5 Å². The molecule has 0 spiro atoms. The molecule has 0 fully saturated rings. The minimum Gasteiger partial charge on any atom is -0.465 e. The zero-order valence-electron chi connectivity index (χ0n) is 26.7. The second kappa shape index (κ2) is 15.3. The van der Waals surface area contributed by atoms with Gasteiger partial charge in [0.15, 0.2) is 0 Å². The van der Waals surface area contributed by atoms with E-state index >= 15 is 0 Å². The number of carbonyl (C=O) groups is 4. The van der Waals surface area contributed by atoms with Crippen LogP contribution in [0.3, 0.4) is 0 Å². The summed E-state index contributed by atoms with van der Waals surface area (Å²) in [4.78, 5) is 55.1. The van der Waals surface area contributed by atoms with Crippen LogP contribution in [0.2, 0.25) is 0 Å². The number of nitrogens with two attached hydrogens (primary N) is 1. The molecule has 12 heteroatoms. The number of methoxy groups -OCH3 is 1. The summed E-state index contributed by atoms with van der Waals surface area (Å²) in [5, 5.41) is 25.5. The number of amides is 3. The number of aliphatic imine (C=N–C) groups is 1. The molecule has 0 radical (unpaired) electrons. The van der Waals surface area contributed by atoms with Gasteiger partial charge in [-0.2, -0.15) is 4.99 Å². The standard InChI is InChI=1S/C34H40N4O8/c1-19(2)17-36-30(41)22-10-13-24(27(16-22)32(43)45-6)26-15-21(28(40)18-39)9-14-25(26)31(42)37-23-11-7-20(8-12-23)29(35)38-33(44)46-34(3,4)5/h7-16,19,28,39-40H,17-18H2,1-6H3,(H,36,41)(H,37,42)(H2,35,38,44). The van der Waals surface area contributed by atoms with Gasteiger partial charge in [0.25, 0.3) is 11.8 Å². The highest BCUT2D eigenvalue weighted by atomic mass is 16.6. The van der Waals surface area contributed by atoms with Crippen LogP contribution in [0.25, 0.3) is 11.1 Å². The fraction of sp³-hybridized carbons (Fsp3) is 0.324. The maximum atomic E-state index is 13.6. The minimum absolute atomic E-state index is 0.0217. The van der Waals surface area contributed by atoms with Gasteiger partial charge in [0.1, 0.15) is 17.5 Å². The number of carbonyl (C=O) groups excluding carboxylic acids is 4. The highest BCUT2D eigenvalue weighted by Gasteiger charge is 2.23. The van der Waals surface area contributed by atoms with Crippen LogP contribution in [-0.2, 0) is 9.47 Å². The molecule has 46 heavy (non-hydrogen) atoms. The molecule has 0 aliphatic heterocycles. The zero-order valence-corrected chi connectivity index (χ0v) is 26.7. The summed E-state index contributed by atoms with van der Waals surface area (Å²) < 4.78 is 10.2. The van der Waals surface area contributed by atoms with Crippen molar-refractivity contribution in [3.05, 3.63) is 88.5 Å². The Morgan fingerprint density at radius 2 is 1.54 bits per heavy atom. The van der Waals surface area contributed by atoms with Gasteiger partial charge < -0.3 is 36.1 Å². The molecule has 3 aromatic carbocycles. The Kier molecular flexibility index (Phi) is 11.8. The third-order valence-corrected chi connectivity index (χ3v) is 6.54. The molecule has 6 N–H and O–H groups in total. The second-order valence-corrected chi connectivity index (χ2v) is 11.9. The first-order valence-electron chi connectivity index (χ1n) is 14.6. The van der Waals surface area contributed by atoms with Crippen LogP contribution in [0.1, 0.15) is 82.9 Å². The Hall–Kier alpha value is -5.07. The molecule has 0 aliphatic carbocycles.